The van der Waals surface area contributed by atoms with Gasteiger partial charge in [-0.15, -0.1) is 0 Å². The molecule has 1 heterocycles. The van der Waals surface area contributed by atoms with Crippen molar-refractivity contribution in [2.45, 2.75) is 39.5 Å². The second-order valence-corrected chi connectivity index (χ2v) is 10.1. The highest BCUT2D eigenvalue weighted by molar-refractivity contribution is 6.06. The lowest BCUT2D eigenvalue weighted by molar-refractivity contribution is -0.132. The molecule has 0 spiro atoms. The van der Waals surface area contributed by atoms with Crippen LogP contribution in [-0.4, -0.2) is 66.8 Å². The van der Waals surface area contributed by atoms with E-state index < -0.39 is 0 Å². The number of rotatable bonds is 9. The number of hydrogen-bond donors (Lipinski definition) is 1. The third kappa shape index (κ3) is 6.71. The minimum Gasteiger partial charge on any atom is -0.369 e. The molecule has 0 bridgehead atoms. The van der Waals surface area contributed by atoms with E-state index in [1.54, 1.807) is 23.1 Å². The summed E-state index contributed by atoms with van der Waals surface area (Å²) in [4.78, 5) is 46.0. The molecule has 40 heavy (non-hydrogen) atoms. The van der Waals surface area contributed by atoms with E-state index in [1.807, 2.05) is 79.4 Å². The summed E-state index contributed by atoms with van der Waals surface area (Å²) < 4.78 is 0. The van der Waals surface area contributed by atoms with E-state index in [1.165, 1.54) is 0 Å². The van der Waals surface area contributed by atoms with Gasteiger partial charge in [-0.3, -0.25) is 14.4 Å². The van der Waals surface area contributed by atoms with E-state index in [0.717, 1.165) is 30.6 Å². The number of amides is 3. The fraction of sp³-hybridized carbons (Fsp3) is 0.364. The Kier molecular flexibility index (Phi) is 9.95. The first-order valence-corrected chi connectivity index (χ1v) is 14.3. The second kappa shape index (κ2) is 13.8. The minimum absolute atomic E-state index is 0.0666. The van der Waals surface area contributed by atoms with E-state index in [-0.39, 0.29) is 23.6 Å². The van der Waals surface area contributed by atoms with Crippen molar-refractivity contribution in [3.63, 3.8) is 0 Å². The van der Waals surface area contributed by atoms with Gasteiger partial charge in [0, 0.05) is 56.2 Å². The lowest BCUT2D eigenvalue weighted by atomic mass is 9.95. The minimum atomic E-state index is -0.220. The lowest BCUT2D eigenvalue weighted by Gasteiger charge is -2.29. The normalized spacial score (nSPS) is 14.3. The number of anilines is 2. The van der Waals surface area contributed by atoms with Crippen molar-refractivity contribution in [2.75, 3.05) is 49.5 Å². The van der Waals surface area contributed by atoms with Crippen LogP contribution in [-0.2, 0) is 4.79 Å². The van der Waals surface area contributed by atoms with Crippen LogP contribution in [0.3, 0.4) is 0 Å². The Bertz CT molecular complexity index is 1290. The van der Waals surface area contributed by atoms with Gasteiger partial charge in [-0.2, -0.15) is 0 Å². The van der Waals surface area contributed by atoms with Crippen LogP contribution < -0.4 is 10.2 Å². The van der Waals surface area contributed by atoms with E-state index >= 15 is 0 Å². The number of hydrogen-bond acceptors (Lipinski definition) is 4. The molecule has 3 amide bonds. The molecule has 1 atom stereocenters. The molecule has 1 fully saturated rings. The first-order valence-electron chi connectivity index (χ1n) is 14.3. The number of carbonyl (C=O) groups excluding carboxylic acids is 3. The average Bonchev–Trinajstić information content (AvgIpc) is 3.25. The van der Waals surface area contributed by atoms with Gasteiger partial charge in [-0.05, 0) is 62.6 Å². The highest BCUT2D eigenvalue weighted by Crippen LogP contribution is 2.29. The zero-order valence-electron chi connectivity index (χ0n) is 23.8. The zero-order valence-corrected chi connectivity index (χ0v) is 23.8. The summed E-state index contributed by atoms with van der Waals surface area (Å²) in [6, 6.07) is 24.6. The average molecular weight is 541 g/mol. The predicted molar refractivity (Wildman–Crippen MR) is 161 cm³/mol. The van der Waals surface area contributed by atoms with Crippen molar-refractivity contribution in [1.29, 1.82) is 0 Å². The molecular weight excluding hydrogens is 500 g/mol. The van der Waals surface area contributed by atoms with Crippen LogP contribution in [0.15, 0.2) is 78.9 Å². The van der Waals surface area contributed by atoms with Crippen molar-refractivity contribution in [1.82, 2.24) is 9.80 Å². The van der Waals surface area contributed by atoms with Crippen molar-refractivity contribution >= 4 is 29.1 Å². The SMILES string of the molecule is CC[C@H](C(=O)N1CCCN(c2ccc(NC(=O)c3ccccc3)cc2C(=O)N(CC)CC)CC1)c1ccccc1. The summed E-state index contributed by atoms with van der Waals surface area (Å²) in [5, 5.41) is 2.95. The maximum atomic E-state index is 13.6. The molecule has 0 aliphatic carbocycles. The largest absolute Gasteiger partial charge is 0.369 e. The first-order chi connectivity index (χ1) is 19.5. The van der Waals surface area contributed by atoms with Crippen molar-refractivity contribution < 1.29 is 14.4 Å². The Balaban J connectivity index is 1.56. The van der Waals surface area contributed by atoms with E-state index in [0.29, 0.717) is 49.5 Å². The summed E-state index contributed by atoms with van der Waals surface area (Å²) in [6.45, 7) is 9.82. The fourth-order valence-electron chi connectivity index (χ4n) is 5.37. The molecule has 1 N–H and O–H groups in total. The van der Waals surface area contributed by atoms with Gasteiger partial charge in [0.25, 0.3) is 11.8 Å². The molecule has 1 aliphatic rings. The van der Waals surface area contributed by atoms with Crippen LogP contribution in [0.25, 0.3) is 0 Å². The molecular formula is C33H40N4O3. The smallest absolute Gasteiger partial charge is 0.256 e. The van der Waals surface area contributed by atoms with Gasteiger partial charge < -0.3 is 20.0 Å². The number of carbonyl (C=O) groups is 3. The van der Waals surface area contributed by atoms with Crippen LogP contribution >= 0.6 is 0 Å². The maximum Gasteiger partial charge on any atom is 0.256 e. The van der Waals surface area contributed by atoms with E-state index in [2.05, 4.69) is 17.1 Å². The van der Waals surface area contributed by atoms with Crippen LogP contribution in [0.5, 0.6) is 0 Å². The standard InChI is InChI=1S/C33H40N4O3/c1-4-28(25-14-9-7-10-15-25)32(39)37-21-13-20-36(22-23-37)30-19-18-27(24-29(30)33(40)35(5-2)6-3)34-31(38)26-16-11-8-12-17-26/h7-12,14-19,24,28H,4-6,13,20-23H2,1-3H3,(H,34,38)/t28-/m0/s1. The molecule has 7 heteroatoms. The summed E-state index contributed by atoms with van der Waals surface area (Å²) >= 11 is 0. The van der Waals surface area contributed by atoms with Crippen LogP contribution in [0.4, 0.5) is 11.4 Å². The molecule has 0 saturated carbocycles. The summed E-state index contributed by atoms with van der Waals surface area (Å²) in [5.74, 6) is -0.278. The molecule has 7 nitrogen and oxygen atoms in total. The van der Waals surface area contributed by atoms with Gasteiger partial charge in [-0.1, -0.05) is 55.5 Å². The topological polar surface area (TPSA) is 73.0 Å². The molecule has 3 aromatic rings. The third-order valence-electron chi connectivity index (χ3n) is 7.63. The number of nitrogens with zero attached hydrogens (tertiary/aromatic N) is 3. The first kappa shape index (κ1) is 28.9. The van der Waals surface area contributed by atoms with E-state index in [9.17, 15) is 14.4 Å². The summed E-state index contributed by atoms with van der Waals surface area (Å²) in [6.07, 6.45) is 1.56. The van der Waals surface area contributed by atoms with Crippen LogP contribution in [0, 0.1) is 0 Å². The fourth-order valence-corrected chi connectivity index (χ4v) is 5.37. The van der Waals surface area contributed by atoms with Gasteiger partial charge in [0.15, 0.2) is 0 Å². The molecule has 210 valence electrons. The predicted octanol–water partition coefficient (Wildman–Crippen LogP) is 5.65. The van der Waals surface area contributed by atoms with Crippen molar-refractivity contribution in [2.24, 2.45) is 0 Å². The van der Waals surface area contributed by atoms with Gasteiger partial charge in [0.05, 0.1) is 11.5 Å². The zero-order chi connectivity index (χ0) is 28.5. The van der Waals surface area contributed by atoms with Crippen molar-refractivity contribution in [3.05, 3.63) is 95.6 Å². The third-order valence-corrected chi connectivity index (χ3v) is 7.63. The molecule has 0 radical (unpaired) electrons. The molecule has 0 aromatic heterocycles. The van der Waals surface area contributed by atoms with Gasteiger partial charge in [-0.25, -0.2) is 0 Å². The molecule has 1 saturated heterocycles. The molecule has 4 rings (SSSR count). The summed E-state index contributed by atoms with van der Waals surface area (Å²) in [7, 11) is 0. The van der Waals surface area contributed by atoms with Gasteiger partial charge in [0.2, 0.25) is 5.91 Å². The summed E-state index contributed by atoms with van der Waals surface area (Å²) in [5.41, 5.74) is 3.58. The van der Waals surface area contributed by atoms with Crippen molar-refractivity contribution in [3.8, 4) is 0 Å². The van der Waals surface area contributed by atoms with Gasteiger partial charge >= 0.3 is 0 Å². The molecule has 3 aromatic carbocycles. The van der Waals surface area contributed by atoms with Crippen LogP contribution in [0.2, 0.25) is 0 Å². The lowest BCUT2D eigenvalue weighted by Crippen LogP contribution is -2.38. The number of benzene rings is 3. The Labute approximate surface area is 237 Å². The molecule has 0 unspecified atom stereocenters. The van der Waals surface area contributed by atoms with Crippen LogP contribution in [0.1, 0.15) is 65.8 Å². The molecule has 1 aliphatic heterocycles. The van der Waals surface area contributed by atoms with Gasteiger partial charge in [0.1, 0.15) is 0 Å². The highest BCUT2D eigenvalue weighted by Gasteiger charge is 2.28. The highest BCUT2D eigenvalue weighted by atomic mass is 16.2. The quantitative estimate of drug-likeness (QED) is 0.381. The Morgan fingerprint density at radius 1 is 0.825 bits per heavy atom. The Morgan fingerprint density at radius 2 is 1.50 bits per heavy atom. The Hall–Kier alpha value is -4.13. The maximum absolute atomic E-state index is 13.6. The number of nitrogens with one attached hydrogen (secondary N) is 1. The van der Waals surface area contributed by atoms with E-state index in [4.69, 9.17) is 0 Å². The Morgan fingerprint density at radius 3 is 2.15 bits per heavy atom. The monoisotopic (exact) mass is 540 g/mol. The second-order valence-electron chi connectivity index (χ2n) is 10.1.